The van der Waals surface area contributed by atoms with Crippen LogP contribution in [0, 0.1) is 12.3 Å². The summed E-state index contributed by atoms with van der Waals surface area (Å²) < 4.78 is 0.894. The molecule has 0 aliphatic rings. The molecule has 0 saturated heterocycles. The van der Waals surface area contributed by atoms with Gasteiger partial charge in [-0.05, 0) is 6.07 Å². The molecule has 0 aromatic carbocycles. The lowest BCUT2D eigenvalue weighted by atomic mass is 10.3. The van der Waals surface area contributed by atoms with Gasteiger partial charge in [-0.25, -0.2) is 0 Å². The van der Waals surface area contributed by atoms with Gasteiger partial charge in [-0.15, -0.1) is 23.7 Å². The predicted molar refractivity (Wildman–Crippen MR) is 60.1 cm³/mol. The van der Waals surface area contributed by atoms with E-state index in [2.05, 4.69) is 11.2 Å². The molecule has 0 saturated carbocycles. The largest absolute Gasteiger partial charge is 0.351 e. The summed E-state index contributed by atoms with van der Waals surface area (Å²) in [6.45, 7) is 0.444. The molecule has 1 rings (SSSR count). The molecule has 0 aliphatic carbocycles. The van der Waals surface area contributed by atoms with Gasteiger partial charge in [0.2, 0.25) is 0 Å². The van der Waals surface area contributed by atoms with Gasteiger partial charge in [-0.2, -0.15) is 0 Å². The Morgan fingerprint density at radius 2 is 2.36 bits per heavy atom. The van der Waals surface area contributed by atoms with Crippen molar-refractivity contribution in [1.82, 2.24) is 5.32 Å². The molecular formula is C9H7Cl2NOS. The third-order valence-corrected chi connectivity index (χ3v) is 2.94. The van der Waals surface area contributed by atoms with E-state index in [0.717, 1.165) is 0 Å². The van der Waals surface area contributed by atoms with E-state index in [1.165, 1.54) is 11.3 Å². The summed E-state index contributed by atoms with van der Waals surface area (Å²) in [5, 5.41) is 2.64. The topological polar surface area (TPSA) is 29.1 Å². The number of terminal acetylenes is 1. The maximum atomic E-state index is 11.4. The van der Waals surface area contributed by atoms with Crippen LogP contribution in [0.5, 0.6) is 0 Å². The minimum atomic E-state index is -0.242. The van der Waals surface area contributed by atoms with E-state index < -0.39 is 0 Å². The zero-order chi connectivity index (χ0) is 10.6. The fraction of sp³-hybridized carbons (Fsp3) is 0.222. The van der Waals surface area contributed by atoms with E-state index in [-0.39, 0.29) is 5.91 Å². The Morgan fingerprint density at radius 1 is 1.64 bits per heavy atom. The maximum absolute atomic E-state index is 11.4. The quantitative estimate of drug-likeness (QED) is 0.646. The Bertz CT molecular complexity index is 381. The Morgan fingerprint density at radius 3 is 2.86 bits per heavy atom. The number of hydrogen-bond donors (Lipinski definition) is 1. The van der Waals surface area contributed by atoms with Crippen molar-refractivity contribution >= 4 is 40.4 Å². The van der Waals surface area contributed by atoms with E-state index in [1.54, 1.807) is 6.07 Å². The zero-order valence-electron chi connectivity index (χ0n) is 7.14. The molecular weight excluding hydrogens is 241 g/mol. The van der Waals surface area contributed by atoms with Crippen LogP contribution in [0.2, 0.25) is 8.67 Å². The molecule has 0 atom stereocenters. The molecule has 74 valence electrons. The first-order chi connectivity index (χ1) is 6.65. The lowest BCUT2D eigenvalue weighted by Crippen LogP contribution is -2.23. The van der Waals surface area contributed by atoms with Crippen LogP contribution in [0.1, 0.15) is 16.8 Å². The number of thiophene rings is 1. The maximum Gasteiger partial charge on any atom is 0.253 e. The van der Waals surface area contributed by atoms with Crippen molar-refractivity contribution in [1.29, 1.82) is 0 Å². The first-order valence-corrected chi connectivity index (χ1v) is 5.39. The minimum absolute atomic E-state index is 0.242. The molecule has 1 N–H and O–H groups in total. The van der Waals surface area contributed by atoms with Crippen LogP contribution in [0.3, 0.4) is 0 Å². The molecule has 0 aliphatic heterocycles. The number of amides is 1. The molecule has 1 amide bonds. The predicted octanol–water partition coefficient (Wildman–Crippen LogP) is 2.81. The Hall–Kier alpha value is -0.690. The molecule has 0 unspecified atom stereocenters. The average Bonchev–Trinajstić information content (AvgIpc) is 2.45. The second kappa shape index (κ2) is 5.26. The molecule has 0 bridgehead atoms. The SMILES string of the molecule is C#CCCNC(=O)c1cc(Cl)sc1Cl. The van der Waals surface area contributed by atoms with Crippen molar-refractivity contribution in [3.8, 4) is 12.3 Å². The fourth-order valence-corrected chi connectivity index (χ4v) is 2.30. The Labute approximate surface area is 96.2 Å². The molecule has 0 spiro atoms. The van der Waals surface area contributed by atoms with Crippen molar-refractivity contribution in [2.24, 2.45) is 0 Å². The van der Waals surface area contributed by atoms with Crippen LogP contribution in [0.4, 0.5) is 0 Å². The Balaban J connectivity index is 2.61. The first kappa shape index (κ1) is 11.4. The van der Waals surface area contributed by atoms with Gasteiger partial charge in [0.1, 0.15) is 4.34 Å². The van der Waals surface area contributed by atoms with Gasteiger partial charge in [0, 0.05) is 13.0 Å². The standard InChI is InChI=1S/C9H7Cl2NOS/c1-2-3-4-12-9(13)6-5-7(10)14-8(6)11/h1,5H,3-4H2,(H,12,13). The fourth-order valence-electron chi connectivity index (χ4n) is 0.838. The van der Waals surface area contributed by atoms with Gasteiger partial charge in [0.25, 0.3) is 5.91 Å². The molecule has 0 fully saturated rings. The third kappa shape index (κ3) is 2.91. The molecule has 1 heterocycles. The number of carbonyl (C=O) groups excluding carboxylic acids is 1. The normalized spacial score (nSPS) is 9.50. The van der Waals surface area contributed by atoms with E-state index in [9.17, 15) is 4.79 Å². The second-order valence-electron chi connectivity index (χ2n) is 2.45. The number of rotatable bonds is 3. The van der Waals surface area contributed by atoms with Crippen molar-refractivity contribution in [3.63, 3.8) is 0 Å². The summed E-state index contributed by atoms with van der Waals surface area (Å²) in [6.07, 6.45) is 5.54. The van der Waals surface area contributed by atoms with Crippen molar-refractivity contribution in [3.05, 3.63) is 20.3 Å². The highest BCUT2D eigenvalue weighted by Crippen LogP contribution is 2.30. The lowest BCUT2D eigenvalue weighted by Gasteiger charge is -2.00. The monoisotopic (exact) mass is 247 g/mol. The molecule has 1 aromatic heterocycles. The summed E-state index contributed by atoms with van der Waals surface area (Å²) in [5.41, 5.74) is 0.402. The van der Waals surface area contributed by atoms with Crippen LogP contribution in [0.25, 0.3) is 0 Å². The highest BCUT2D eigenvalue weighted by atomic mass is 35.5. The minimum Gasteiger partial charge on any atom is -0.351 e. The number of hydrogen-bond acceptors (Lipinski definition) is 2. The van der Waals surface area contributed by atoms with Crippen LogP contribution in [-0.2, 0) is 0 Å². The summed E-state index contributed by atoms with van der Waals surface area (Å²) in [6, 6.07) is 1.54. The number of nitrogens with one attached hydrogen (secondary N) is 1. The summed E-state index contributed by atoms with van der Waals surface area (Å²) >= 11 is 12.6. The average molecular weight is 248 g/mol. The van der Waals surface area contributed by atoms with E-state index in [0.29, 0.717) is 27.2 Å². The van der Waals surface area contributed by atoms with Crippen LogP contribution < -0.4 is 5.32 Å². The van der Waals surface area contributed by atoms with E-state index in [4.69, 9.17) is 29.6 Å². The van der Waals surface area contributed by atoms with Gasteiger partial charge in [-0.3, -0.25) is 4.79 Å². The second-order valence-corrected chi connectivity index (χ2v) is 4.73. The Kier molecular flexibility index (Phi) is 4.27. The van der Waals surface area contributed by atoms with Gasteiger partial charge < -0.3 is 5.32 Å². The van der Waals surface area contributed by atoms with Crippen LogP contribution >= 0.6 is 34.5 Å². The zero-order valence-corrected chi connectivity index (χ0v) is 9.47. The van der Waals surface area contributed by atoms with E-state index in [1.807, 2.05) is 0 Å². The van der Waals surface area contributed by atoms with Crippen molar-refractivity contribution < 1.29 is 4.79 Å². The van der Waals surface area contributed by atoms with Crippen LogP contribution in [-0.4, -0.2) is 12.5 Å². The van der Waals surface area contributed by atoms with Crippen molar-refractivity contribution in [2.45, 2.75) is 6.42 Å². The van der Waals surface area contributed by atoms with E-state index >= 15 is 0 Å². The third-order valence-electron chi connectivity index (χ3n) is 1.46. The van der Waals surface area contributed by atoms with Gasteiger partial charge in [0.15, 0.2) is 0 Å². The van der Waals surface area contributed by atoms with Crippen LogP contribution in [0.15, 0.2) is 6.07 Å². The summed E-state index contributed by atoms with van der Waals surface area (Å²) in [4.78, 5) is 11.4. The first-order valence-electron chi connectivity index (χ1n) is 3.81. The lowest BCUT2D eigenvalue weighted by molar-refractivity contribution is 0.0955. The van der Waals surface area contributed by atoms with Gasteiger partial charge in [0.05, 0.1) is 9.90 Å². The summed E-state index contributed by atoms with van der Waals surface area (Å²) in [5.74, 6) is 2.18. The van der Waals surface area contributed by atoms with Gasteiger partial charge in [-0.1, -0.05) is 23.2 Å². The molecule has 0 radical (unpaired) electrons. The molecule has 14 heavy (non-hydrogen) atoms. The van der Waals surface area contributed by atoms with Crippen molar-refractivity contribution in [2.75, 3.05) is 6.54 Å². The highest BCUT2D eigenvalue weighted by molar-refractivity contribution is 7.20. The van der Waals surface area contributed by atoms with Gasteiger partial charge >= 0.3 is 0 Å². The highest BCUT2D eigenvalue weighted by Gasteiger charge is 2.12. The number of halogens is 2. The molecule has 1 aromatic rings. The summed E-state index contributed by atoms with van der Waals surface area (Å²) in [7, 11) is 0. The molecule has 5 heteroatoms. The number of carbonyl (C=O) groups is 1. The molecule has 2 nitrogen and oxygen atoms in total. The smallest absolute Gasteiger partial charge is 0.253 e.